The molecule has 0 fully saturated rings. The van der Waals surface area contributed by atoms with E-state index in [0.717, 1.165) is 17.2 Å². The van der Waals surface area contributed by atoms with Crippen molar-refractivity contribution in [3.05, 3.63) is 30.2 Å². The minimum atomic E-state index is 0.711. The third-order valence-electron chi connectivity index (χ3n) is 2.18. The van der Waals surface area contributed by atoms with Gasteiger partial charge < -0.3 is 10.3 Å². The predicted molar refractivity (Wildman–Crippen MR) is 55.6 cm³/mol. The SMILES string of the molecule is Cc1nc(-c2nccn2C)ccc1N. The van der Waals surface area contributed by atoms with E-state index in [1.54, 1.807) is 6.20 Å². The minimum absolute atomic E-state index is 0.711. The molecule has 0 aliphatic rings. The molecule has 2 aromatic heterocycles. The fraction of sp³-hybridized carbons (Fsp3) is 0.200. The van der Waals surface area contributed by atoms with Gasteiger partial charge in [0.25, 0.3) is 0 Å². The van der Waals surface area contributed by atoms with Crippen LogP contribution in [0, 0.1) is 6.92 Å². The summed E-state index contributed by atoms with van der Waals surface area (Å²) in [6, 6.07) is 3.73. The maximum atomic E-state index is 5.69. The van der Waals surface area contributed by atoms with Crippen LogP contribution >= 0.6 is 0 Å². The van der Waals surface area contributed by atoms with Gasteiger partial charge >= 0.3 is 0 Å². The van der Waals surface area contributed by atoms with Gasteiger partial charge in [-0.3, -0.25) is 0 Å². The fourth-order valence-corrected chi connectivity index (χ4v) is 1.31. The Morgan fingerprint density at radius 2 is 2.14 bits per heavy atom. The summed E-state index contributed by atoms with van der Waals surface area (Å²) in [5.41, 5.74) is 8.09. The summed E-state index contributed by atoms with van der Waals surface area (Å²) in [5, 5.41) is 0. The number of pyridine rings is 1. The second kappa shape index (κ2) is 3.14. The van der Waals surface area contributed by atoms with Crippen molar-refractivity contribution < 1.29 is 0 Å². The third kappa shape index (κ3) is 1.35. The minimum Gasteiger partial charge on any atom is -0.397 e. The van der Waals surface area contributed by atoms with Crippen LogP contribution < -0.4 is 5.73 Å². The summed E-state index contributed by atoms with van der Waals surface area (Å²) in [5.74, 6) is 0.855. The second-order valence-electron chi connectivity index (χ2n) is 3.23. The highest BCUT2D eigenvalue weighted by atomic mass is 15.0. The lowest BCUT2D eigenvalue weighted by Crippen LogP contribution is -1.98. The maximum Gasteiger partial charge on any atom is 0.158 e. The smallest absolute Gasteiger partial charge is 0.158 e. The lowest BCUT2D eigenvalue weighted by Gasteiger charge is -2.03. The molecule has 0 radical (unpaired) electrons. The van der Waals surface area contributed by atoms with Gasteiger partial charge in [-0.25, -0.2) is 9.97 Å². The number of rotatable bonds is 1. The Hall–Kier alpha value is -1.84. The lowest BCUT2D eigenvalue weighted by molar-refractivity contribution is 0.916. The largest absolute Gasteiger partial charge is 0.397 e. The van der Waals surface area contributed by atoms with Gasteiger partial charge in [0.1, 0.15) is 5.69 Å². The number of aromatic nitrogens is 3. The molecule has 0 atom stereocenters. The van der Waals surface area contributed by atoms with Crippen LogP contribution in [0.1, 0.15) is 5.69 Å². The zero-order valence-electron chi connectivity index (χ0n) is 8.23. The number of imidazole rings is 1. The molecule has 0 saturated carbocycles. The number of aryl methyl sites for hydroxylation is 2. The Balaban J connectivity index is 2.53. The van der Waals surface area contributed by atoms with Gasteiger partial charge in [0.05, 0.1) is 11.4 Å². The summed E-state index contributed by atoms with van der Waals surface area (Å²) in [6.45, 7) is 1.89. The van der Waals surface area contributed by atoms with Gasteiger partial charge in [0.2, 0.25) is 0 Å². The van der Waals surface area contributed by atoms with E-state index in [0.29, 0.717) is 5.69 Å². The normalized spacial score (nSPS) is 10.4. The molecule has 0 aliphatic heterocycles. The van der Waals surface area contributed by atoms with Crippen molar-refractivity contribution >= 4 is 5.69 Å². The van der Waals surface area contributed by atoms with Crippen molar-refractivity contribution in [3.63, 3.8) is 0 Å². The van der Waals surface area contributed by atoms with Crippen molar-refractivity contribution in [3.8, 4) is 11.5 Å². The van der Waals surface area contributed by atoms with E-state index in [1.807, 2.05) is 36.9 Å². The van der Waals surface area contributed by atoms with E-state index >= 15 is 0 Å². The molecule has 4 nitrogen and oxygen atoms in total. The van der Waals surface area contributed by atoms with Crippen molar-refractivity contribution in [1.82, 2.24) is 14.5 Å². The molecular formula is C10H12N4. The quantitative estimate of drug-likeness (QED) is 0.735. The van der Waals surface area contributed by atoms with E-state index in [9.17, 15) is 0 Å². The van der Waals surface area contributed by atoms with E-state index < -0.39 is 0 Å². The zero-order chi connectivity index (χ0) is 10.1. The number of hydrogen-bond donors (Lipinski definition) is 1. The van der Waals surface area contributed by atoms with Crippen LogP contribution in [-0.4, -0.2) is 14.5 Å². The number of nitrogen functional groups attached to an aromatic ring is 1. The van der Waals surface area contributed by atoms with E-state index in [1.165, 1.54) is 0 Å². The van der Waals surface area contributed by atoms with E-state index in [-0.39, 0.29) is 0 Å². The van der Waals surface area contributed by atoms with Gasteiger partial charge in [-0.2, -0.15) is 0 Å². The molecule has 72 valence electrons. The van der Waals surface area contributed by atoms with Crippen molar-refractivity contribution in [2.45, 2.75) is 6.92 Å². The van der Waals surface area contributed by atoms with Gasteiger partial charge in [-0.15, -0.1) is 0 Å². The van der Waals surface area contributed by atoms with Gasteiger partial charge in [0.15, 0.2) is 5.82 Å². The highest BCUT2D eigenvalue weighted by Crippen LogP contribution is 2.17. The summed E-state index contributed by atoms with van der Waals surface area (Å²) in [6.07, 6.45) is 3.64. The number of nitrogens with zero attached hydrogens (tertiary/aromatic N) is 3. The Morgan fingerprint density at radius 1 is 1.36 bits per heavy atom. The maximum absolute atomic E-state index is 5.69. The first-order valence-corrected chi connectivity index (χ1v) is 4.39. The molecule has 0 saturated heterocycles. The average molecular weight is 188 g/mol. The third-order valence-corrected chi connectivity index (χ3v) is 2.18. The zero-order valence-corrected chi connectivity index (χ0v) is 8.23. The summed E-state index contributed by atoms with van der Waals surface area (Å²) >= 11 is 0. The monoisotopic (exact) mass is 188 g/mol. The van der Waals surface area contributed by atoms with Crippen molar-refractivity contribution in [2.24, 2.45) is 7.05 Å². The average Bonchev–Trinajstić information content (AvgIpc) is 2.57. The fourth-order valence-electron chi connectivity index (χ4n) is 1.31. The summed E-state index contributed by atoms with van der Waals surface area (Å²) < 4.78 is 1.93. The van der Waals surface area contributed by atoms with Crippen LogP contribution in [0.4, 0.5) is 5.69 Å². The molecule has 0 unspecified atom stereocenters. The second-order valence-corrected chi connectivity index (χ2v) is 3.23. The highest BCUT2D eigenvalue weighted by molar-refractivity contribution is 5.55. The Morgan fingerprint density at radius 3 is 2.71 bits per heavy atom. The number of anilines is 1. The molecule has 4 heteroatoms. The van der Waals surface area contributed by atoms with E-state index in [2.05, 4.69) is 9.97 Å². The number of nitrogens with two attached hydrogens (primary N) is 1. The van der Waals surface area contributed by atoms with E-state index in [4.69, 9.17) is 5.73 Å². The predicted octanol–water partition coefficient (Wildman–Crippen LogP) is 1.37. The summed E-state index contributed by atoms with van der Waals surface area (Å²) in [7, 11) is 1.94. The van der Waals surface area contributed by atoms with Gasteiger partial charge in [-0.05, 0) is 19.1 Å². The Kier molecular flexibility index (Phi) is 1.96. The van der Waals surface area contributed by atoms with Crippen LogP contribution in [0.15, 0.2) is 24.5 Å². The first-order chi connectivity index (χ1) is 6.68. The molecular weight excluding hydrogens is 176 g/mol. The Bertz CT molecular complexity index is 459. The van der Waals surface area contributed by atoms with Gasteiger partial charge in [-0.1, -0.05) is 0 Å². The van der Waals surface area contributed by atoms with Crippen molar-refractivity contribution in [2.75, 3.05) is 5.73 Å². The van der Waals surface area contributed by atoms with Crippen molar-refractivity contribution in [1.29, 1.82) is 0 Å². The van der Waals surface area contributed by atoms with Crippen LogP contribution in [-0.2, 0) is 7.05 Å². The van der Waals surface area contributed by atoms with Crippen LogP contribution in [0.25, 0.3) is 11.5 Å². The first-order valence-electron chi connectivity index (χ1n) is 4.39. The molecule has 2 N–H and O–H groups in total. The molecule has 2 aromatic rings. The summed E-state index contributed by atoms with van der Waals surface area (Å²) in [4.78, 5) is 8.58. The topological polar surface area (TPSA) is 56.7 Å². The van der Waals surface area contributed by atoms with Gasteiger partial charge in [0, 0.05) is 19.4 Å². The van der Waals surface area contributed by atoms with Crippen LogP contribution in [0.2, 0.25) is 0 Å². The molecule has 2 heterocycles. The number of hydrogen-bond acceptors (Lipinski definition) is 3. The standard InChI is InChI=1S/C10H12N4/c1-7-8(11)3-4-9(13-7)10-12-5-6-14(10)2/h3-6H,11H2,1-2H3. The molecule has 0 aromatic carbocycles. The highest BCUT2D eigenvalue weighted by Gasteiger charge is 2.05. The Labute approximate surface area is 82.4 Å². The van der Waals surface area contributed by atoms with Crippen LogP contribution in [0.3, 0.4) is 0 Å². The molecule has 0 amide bonds. The molecule has 2 rings (SSSR count). The lowest BCUT2D eigenvalue weighted by atomic mass is 10.2. The molecule has 0 spiro atoms. The van der Waals surface area contributed by atoms with Crippen LogP contribution in [0.5, 0.6) is 0 Å². The molecule has 14 heavy (non-hydrogen) atoms. The molecule has 0 aliphatic carbocycles. The molecule has 0 bridgehead atoms. The first kappa shape index (κ1) is 8.74.